The van der Waals surface area contributed by atoms with Crippen LogP contribution in [-0.4, -0.2) is 35.2 Å². The van der Waals surface area contributed by atoms with Gasteiger partial charge in [0.15, 0.2) is 0 Å². The van der Waals surface area contributed by atoms with E-state index >= 15 is 0 Å². The Labute approximate surface area is 129 Å². The summed E-state index contributed by atoms with van der Waals surface area (Å²) in [6.45, 7) is 3.31. The minimum absolute atomic E-state index is 0.276. The van der Waals surface area contributed by atoms with Gasteiger partial charge in [-0.25, -0.2) is 4.79 Å². The van der Waals surface area contributed by atoms with Gasteiger partial charge in [0, 0.05) is 13.1 Å². The van der Waals surface area contributed by atoms with Crippen LogP contribution in [0.2, 0.25) is 0 Å². The van der Waals surface area contributed by atoms with Gasteiger partial charge < -0.3 is 14.7 Å². The Hall–Kier alpha value is -2.04. The third-order valence-corrected chi connectivity index (χ3v) is 4.98. The highest BCUT2D eigenvalue weighted by molar-refractivity contribution is 5.75. The molecule has 1 aromatic rings. The third kappa shape index (κ3) is 2.80. The highest BCUT2D eigenvalue weighted by Crippen LogP contribution is 2.49. The lowest BCUT2D eigenvalue weighted by Gasteiger charge is -2.22. The molecule has 3 rings (SSSR count). The molecule has 2 aliphatic rings. The summed E-state index contributed by atoms with van der Waals surface area (Å²) in [5, 5.41) is 9.31. The minimum atomic E-state index is -0.722. The molecule has 1 saturated carbocycles. The van der Waals surface area contributed by atoms with E-state index in [1.54, 1.807) is 4.90 Å². The molecule has 1 heterocycles. The number of carbonyl (C=O) groups excluding carboxylic acids is 1. The molecule has 2 atom stereocenters. The van der Waals surface area contributed by atoms with Gasteiger partial charge in [-0.1, -0.05) is 30.3 Å². The fraction of sp³-hybridized carbons (Fsp3) is 0.529. The molecule has 5 heteroatoms. The molecule has 0 bridgehead atoms. The van der Waals surface area contributed by atoms with Crippen molar-refractivity contribution in [3.8, 4) is 0 Å². The molecule has 1 amide bonds. The number of rotatable bonds is 3. The lowest BCUT2D eigenvalue weighted by Crippen LogP contribution is -2.33. The Kier molecular flexibility index (Phi) is 3.81. The molecule has 1 N–H and O–H groups in total. The fourth-order valence-corrected chi connectivity index (χ4v) is 3.78. The molecule has 2 unspecified atom stereocenters. The monoisotopic (exact) mass is 303 g/mol. The second-order valence-corrected chi connectivity index (χ2v) is 6.74. The van der Waals surface area contributed by atoms with E-state index in [2.05, 4.69) is 0 Å². The molecule has 1 saturated heterocycles. The van der Waals surface area contributed by atoms with Gasteiger partial charge in [-0.2, -0.15) is 0 Å². The largest absolute Gasteiger partial charge is 0.481 e. The first kappa shape index (κ1) is 14.9. The molecule has 0 radical (unpaired) electrons. The number of hydrogen-bond acceptors (Lipinski definition) is 3. The van der Waals surface area contributed by atoms with Gasteiger partial charge in [-0.15, -0.1) is 0 Å². The zero-order valence-corrected chi connectivity index (χ0v) is 12.7. The summed E-state index contributed by atoms with van der Waals surface area (Å²) in [4.78, 5) is 25.2. The van der Waals surface area contributed by atoms with Crippen molar-refractivity contribution in [3.63, 3.8) is 0 Å². The van der Waals surface area contributed by atoms with Crippen LogP contribution in [0.15, 0.2) is 30.3 Å². The van der Waals surface area contributed by atoms with E-state index in [1.807, 2.05) is 37.3 Å². The standard InChI is InChI=1S/C17H21NO4/c1-17(15(19)20)7-13-9-18(10-14(13)8-17)16(21)22-11-12-5-3-2-4-6-12/h2-6,13-14H,7-11H2,1H3,(H,19,20). The molecule has 1 aromatic carbocycles. The lowest BCUT2D eigenvalue weighted by molar-refractivity contribution is -0.147. The molecule has 118 valence electrons. The molecule has 1 aliphatic heterocycles. The van der Waals surface area contributed by atoms with E-state index in [4.69, 9.17) is 4.74 Å². The first-order valence-corrected chi connectivity index (χ1v) is 7.67. The van der Waals surface area contributed by atoms with Crippen LogP contribution in [0, 0.1) is 17.3 Å². The second kappa shape index (κ2) is 5.63. The van der Waals surface area contributed by atoms with Crippen LogP contribution in [0.5, 0.6) is 0 Å². The maximum absolute atomic E-state index is 12.1. The van der Waals surface area contributed by atoms with Crippen molar-refractivity contribution in [1.82, 2.24) is 4.90 Å². The van der Waals surface area contributed by atoms with Gasteiger partial charge in [0.05, 0.1) is 5.41 Å². The van der Waals surface area contributed by atoms with Gasteiger partial charge in [-0.3, -0.25) is 4.79 Å². The number of carboxylic acids is 1. The number of aliphatic carboxylic acids is 1. The van der Waals surface area contributed by atoms with E-state index < -0.39 is 11.4 Å². The first-order valence-electron chi connectivity index (χ1n) is 7.67. The van der Waals surface area contributed by atoms with Crippen molar-refractivity contribution in [3.05, 3.63) is 35.9 Å². The van der Waals surface area contributed by atoms with Crippen LogP contribution in [0.1, 0.15) is 25.3 Å². The van der Waals surface area contributed by atoms with Crippen molar-refractivity contribution in [2.45, 2.75) is 26.4 Å². The molecule has 0 aromatic heterocycles. The van der Waals surface area contributed by atoms with Crippen LogP contribution >= 0.6 is 0 Å². The number of fused-ring (bicyclic) bond motifs is 1. The Balaban J connectivity index is 1.52. The summed E-state index contributed by atoms with van der Waals surface area (Å²) in [7, 11) is 0. The number of nitrogens with zero attached hydrogens (tertiary/aromatic N) is 1. The number of hydrogen-bond donors (Lipinski definition) is 1. The number of amides is 1. The van der Waals surface area contributed by atoms with Gasteiger partial charge in [0.1, 0.15) is 6.61 Å². The average molecular weight is 303 g/mol. The Bertz CT molecular complexity index is 557. The Morgan fingerprint density at radius 2 is 1.82 bits per heavy atom. The topological polar surface area (TPSA) is 66.8 Å². The normalized spacial score (nSPS) is 30.1. The van der Waals surface area contributed by atoms with Crippen LogP contribution in [0.3, 0.4) is 0 Å². The van der Waals surface area contributed by atoms with Crippen molar-refractivity contribution in [2.24, 2.45) is 17.3 Å². The Morgan fingerprint density at radius 3 is 2.36 bits per heavy atom. The van der Waals surface area contributed by atoms with Crippen LogP contribution in [0.4, 0.5) is 4.79 Å². The number of benzene rings is 1. The number of carbonyl (C=O) groups is 2. The Morgan fingerprint density at radius 1 is 1.23 bits per heavy atom. The summed E-state index contributed by atoms with van der Waals surface area (Å²) < 4.78 is 5.35. The zero-order chi connectivity index (χ0) is 15.7. The van der Waals surface area contributed by atoms with Crippen molar-refractivity contribution in [1.29, 1.82) is 0 Å². The van der Waals surface area contributed by atoms with E-state index in [0.717, 1.165) is 5.56 Å². The summed E-state index contributed by atoms with van der Waals surface area (Å²) in [5.41, 5.74) is 0.337. The second-order valence-electron chi connectivity index (χ2n) is 6.74. The molecule has 5 nitrogen and oxygen atoms in total. The van der Waals surface area contributed by atoms with E-state index in [-0.39, 0.29) is 24.5 Å². The summed E-state index contributed by atoms with van der Waals surface area (Å²) in [6.07, 6.45) is 1.00. The highest BCUT2D eigenvalue weighted by Gasteiger charge is 2.51. The summed E-state index contributed by atoms with van der Waals surface area (Å²) in [5.74, 6) is -0.157. The number of likely N-dealkylation sites (tertiary alicyclic amines) is 1. The predicted molar refractivity (Wildman–Crippen MR) is 80.2 cm³/mol. The van der Waals surface area contributed by atoms with E-state index in [9.17, 15) is 14.7 Å². The van der Waals surface area contributed by atoms with Gasteiger partial charge in [0.2, 0.25) is 0 Å². The van der Waals surface area contributed by atoms with Crippen LogP contribution in [0.25, 0.3) is 0 Å². The summed E-state index contributed by atoms with van der Waals surface area (Å²) >= 11 is 0. The molecular weight excluding hydrogens is 282 g/mol. The first-order chi connectivity index (χ1) is 10.5. The van der Waals surface area contributed by atoms with Crippen molar-refractivity contribution in [2.75, 3.05) is 13.1 Å². The number of carboxylic acid groups (broad SMARTS) is 1. The summed E-state index contributed by atoms with van der Waals surface area (Å²) in [6, 6.07) is 9.59. The molecule has 0 spiro atoms. The zero-order valence-electron chi connectivity index (χ0n) is 12.7. The van der Waals surface area contributed by atoms with E-state index in [0.29, 0.717) is 25.9 Å². The lowest BCUT2D eigenvalue weighted by atomic mass is 9.87. The molecular formula is C17H21NO4. The maximum atomic E-state index is 12.1. The molecule has 22 heavy (non-hydrogen) atoms. The fourth-order valence-electron chi connectivity index (χ4n) is 3.78. The predicted octanol–water partition coefficient (Wildman–Crippen LogP) is 2.76. The minimum Gasteiger partial charge on any atom is -0.481 e. The van der Waals surface area contributed by atoms with Gasteiger partial charge >= 0.3 is 12.1 Å². The third-order valence-electron chi connectivity index (χ3n) is 4.98. The van der Waals surface area contributed by atoms with Gasteiger partial charge in [0.25, 0.3) is 0 Å². The van der Waals surface area contributed by atoms with Crippen LogP contribution in [-0.2, 0) is 16.1 Å². The highest BCUT2D eigenvalue weighted by atomic mass is 16.6. The quantitative estimate of drug-likeness (QED) is 0.932. The smallest absolute Gasteiger partial charge is 0.410 e. The average Bonchev–Trinajstić information content (AvgIpc) is 3.01. The van der Waals surface area contributed by atoms with Crippen LogP contribution < -0.4 is 0 Å². The molecule has 1 aliphatic carbocycles. The van der Waals surface area contributed by atoms with Crippen molar-refractivity contribution < 1.29 is 19.4 Å². The van der Waals surface area contributed by atoms with Crippen molar-refractivity contribution >= 4 is 12.1 Å². The SMILES string of the molecule is CC1(C(=O)O)CC2CN(C(=O)OCc3ccccc3)CC2C1. The molecule has 2 fully saturated rings. The van der Waals surface area contributed by atoms with E-state index in [1.165, 1.54) is 0 Å². The van der Waals surface area contributed by atoms with Gasteiger partial charge in [-0.05, 0) is 37.2 Å². The number of ether oxygens (including phenoxy) is 1. The maximum Gasteiger partial charge on any atom is 0.410 e.